The molecule has 1 saturated carbocycles. The highest BCUT2D eigenvalue weighted by Crippen LogP contribution is 2.43. The number of carboxylic acid groups (broad SMARTS) is 1. The second-order valence-corrected chi connectivity index (χ2v) is 7.37. The highest BCUT2D eigenvalue weighted by molar-refractivity contribution is 5.99. The molecule has 2 aliphatic rings. The second-order valence-electron chi connectivity index (χ2n) is 7.37. The normalized spacial score (nSPS) is 27.4. The Bertz CT molecular complexity index is 654. The summed E-state index contributed by atoms with van der Waals surface area (Å²) in [6.07, 6.45) is 3.28. The van der Waals surface area contributed by atoms with Crippen LogP contribution in [0, 0.1) is 11.2 Å². The van der Waals surface area contributed by atoms with E-state index in [1.165, 1.54) is 12.1 Å². The van der Waals surface area contributed by atoms with Gasteiger partial charge in [0.1, 0.15) is 5.82 Å². The lowest BCUT2D eigenvalue weighted by molar-refractivity contribution is -0.168. The maximum absolute atomic E-state index is 13.1. The van der Waals surface area contributed by atoms with Crippen molar-refractivity contribution in [2.75, 3.05) is 19.7 Å². The van der Waals surface area contributed by atoms with Crippen LogP contribution in [0.3, 0.4) is 0 Å². The summed E-state index contributed by atoms with van der Waals surface area (Å²) in [5.41, 5.74) is -0.238. The minimum absolute atomic E-state index is 0.102. The molecule has 0 radical (unpaired) electrons. The lowest BCUT2D eigenvalue weighted by Gasteiger charge is -2.36. The largest absolute Gasteiger partial charge is 0.480 e. The molecule has 5 nitrogen and oxygen atoms in total. The summed E-state index contributed by atoms with van der Waals surface area (Å²) < 4.78 is 18.1. The van der Waals surface area contributed by atoms with Crippen molar-refractivity contribution in [2.45, 2.75) is 51.0 Å². The van der Waals surface area contributed by atoms with Crippen LogP contribution in [0.5, 0.6) is 0 Å². The summed E-state index contributed by atoms with van der Waals surface area (Å²) in [5.74, 6) is -1.49. The van der Waals surface area contributed by atoms with Gasteiger partial charge in [-0.2, -0.15) is 0 Å². The number of aliphatic carboxylic acids is 1. The predicted molar refractivity (Wildman–Crippen MR) is 94.3 cm³/mol. The molecule has 1 aliphatic carbocycles. The van der Waals surface area contributed by atoms with E-state index in [1.54, 1.807) is 6.92 Å². The minimum atomic E-state index is -1.39. The number of nitrogens with zero attached hydrogens (tertiary/aromatic N) is 1. The molecule has 2 unspecified atom stereocenters. The maximum Gasteiger partial charge on any atom is 0.323 e. The number of carbonyl (C=O) groups excluding carboxylic acids is 1. The van der Waals surface area contributed by atoms with Gasteiger partial charge < -0.3 is 14.7 Å². The van der Waals surface area contributed by atoms with E-state index in [2.05, 4.69) is 4.90 Å². The van der Waals surface area contributed by atoms with E-state index in [1.807, 2.05) is 12.1 Å². The van der Waals surface area contributed by atoms with Crippen LogP contribution >= 0.6 is 0 Å². The first kappa shape index (κ1) is 18.8. The van der Waals surface area contributed by atoms with Gasteiger partial charge in [-0.05, 0) is 75.7 Å². The fourth-order valence-electron chi connectivity index (χ4n) is 4.40. The van der Waals surface area contributed by atoms with E-state index in [-0.39, 0.29) is 18.5 Å². The Labute approximate surface area is 153 Å². The SMILES string of the molecule is CCOC(=O)C1(C(=O)O)CCC(N2CCC(c3ccc(F)cc3)CC2)C1. The van der Waals surface area contributed by atoms with Crippen LogP contribution in [0.1, 0.15) is 50.5 Å². The number of halogens is 1. The molecule has 1 aromatic rings. The molecule has 6 heteroatoms. The molecular formula is C20H26FNO4. The molecule has 0 amide bonds. The number of esters is 1. The van der Waals surface area contributed by atoms with Crippen molar-refractivity contribution >= 4 is 11.9 Å². The van der Waals surface area contributed by atoms with Gasteiger partial charge in [-0.3, -0.25) is 9.59 Å². The van der Waals surface area contributed by atoms with Crippen molar-refractivity contribution < 1.29 is 23.8 Å². The highest BCUT2D eigenvalue weighted by Gasteiger charge is 2.54. The van der Waals surface area contributed by atoms with Crippen LogP contribution in [0.25, 0.3) is 0 Å². The third-order valence-electron chi connectivity index (χ3n) is 5.95. The summed E-state index contributed by atoms with van der Waals surface area (Å²) in [5, 5.41) is 9.64. The highest BCUT2D eigenvalue weighted by atomic mass is 19.1. The first-order valence-electron chi connectivity index (χ1n) is 9.36. The predicted octanol–water partition coefficient (Wildman–Crippen LogP) is 3.19. The lowest BCUT2D eigenvalue weighted by atomic mass is 9.85. The number of carbonyl (C=O) groups is 2. The Morgan fingerprint density at radius 2 is 1.88 bits per heavy atom. The van der Waals surface area contributed by atoms with E-state index in [0.717, 1.165) is 31.5 Å². The number of benzene rings is 1. The Kier molecular flexibility index (Phi) is 5.61. The molecule has 26 heavy (non-hydrogen) atoms. The monoisotopic (exact) mass is 363 g/mol. The lowest BCUT2D eigenvalue weighted by Crippen LogP contribution is -2.43. The molecule has 3 rings (SSSR count). The van der Waals surface area contributed by atoms with Gasteiger partial charge in [0.15, 0.2) is 5.41 Å². The molecule has 1 heterocycles. The van der Waals surface area contributed by atoms with Gasteiger partial charge in [0.05, 0.1) is 6.61 Å². The van der Waals surface area contributed by atoms with Gasteiger partial charge in [0, 0.05) is 6.04 Å². The van der Waals surface area contributed by atoms with Crippen molar-refractivity contribution in [3.05, 3.63) is 35.6 Å². The average Bonchev–Trinajstić information content (AvgIpc) is 3.10. The summed E-state index contributed by atoms with van der Waals surface area (Å²) in [6.45, 7) is 3.62. The molecule has 1 aliphatic heterocycles. The van der Waals surface area contributed by atoms with E-state index in [9.17, 15) is 19.1 Å². The topological polar surface area (TPSA) is 66.8 Å². The summed E-state index contributed by atoms with van der Waals surface area (Å²) >= 11 is 0. The molecule has 1 N–H and O–H groups in total. The summed E-state index contributed by atoms with van der Waals surface area (Å²) in [6, 6.07) is 6.80. The Hall–Kier alpha value is -1.95. The molecule has 0 spiro atoms. The number of hydrogen-bond acceptors (Lipinski definition) is 4. The first-order chi connectivity index (χ1) is 12.5. The van der Waals surface area contributed by atoms with Crippen LogP contribution < -0.4 is 0 Å². The van der Waals surface area contributed by atoms with E-state index < -0.39 is 17.4 Å². The Balaban J connectivity index is 1.61. The van der Waals surface area contributed by atoms with Gasteiger partial charge in [-0.25, -0.2) is 4.39 Å². The zero-order valence-corrected chi connectivity index (χ0v) is 15.1. The third-order valence-corrected chi connectivity index (χ3v) is 5.95. The van der Waals surface area contributed by atoms with Crippen LogP contribution in [0.15, 0.2) is 24.3 Å². The number of hydrogen-bond donors (Lipinski definition) is 1. The van der Waals surface area contributed by atoms with Gasteiger partial charge in [0.2, 0.25) is 0 Å². The fourth-order valence-corrected chi connectivity index (χ4v) is 4.40. The number of ether oxygens (including phenoxy) is 1. The third kappa shape index (κ3) is 3.61. The molecule has 142 valence electrons. The smallest absolute Gasteiger partial charge is 0.323 e. The van der Waals surface area contributed by atoms with Crippen molar-refractivity contribution in [2.24, 2.45) is 5.41 Å². The fraction of sp³-hybridized carbons (Fsp3) is 0.600. The van der Waals surface area contributed by atoms with E-state index >= 15 is 0 Å². The van der Waals surface area contributed by atoms with Crippen LogP contribution in [-0.4, -0.2) is 47.7 Å². The quantitative estimate of drug-likeness (QED) is 0.643. The average molecular weight is 363 g/mol. The molecule has 2 atom stereocenters. The van der Waals surface area contributed by atoms with Crippen LogP contribution in [0.2, 0.25) is 0 Å². The molecular weight excluding hydrogens is 337 g/mol. The van der Waals surface area contributed by atoms with Crippen LogP contribution in [0.4, 0.5) is 4.39 Å². The van der Waals surface area contributed by atoms with Crippen molar-refractivity contribution in [1.82, 2.24) is 4.90 Å². The molecule has 0 bridgehead atoms. The number of rotatable bonds is 5. The second kappa shape index (κ2) is 7.74. The van der Waals surface area contributed by atoms with Crippen molar-refractivity contribution in [3.63, 3.8) is 0 Å². The zero-order chi connectivity index (χ0) is 18.7. The first-order valence-corrected chi connectivity index (χ1v) is 9.36. The van der Waals surface area contributed by atoms with E-state index in [0.29, 0.717) is 25.2 Å². The summed E-state index contributed by atoms with van der Waals surface area (Å²) in [7, 11) is 0. The Morgan fingerprint density at radius 3 is 2.46 bits per heavy atom. The van der Waals surface area contributed by atoms with Crippen molar-refractivity contribution in [1.29, 1.82) is 0 Å². The van der Waals surface area contributed by atoms with E-state index in [4.69, 9.17) is 4.74 Å². The zero-order valence-electron chi connectivity index (χ0n) is 15.1. The summed E-state index contributed by atoms with van der Waals surface area (Å²) in [4.78, 5) is 26.3. The number of likely N-dealkylation sites (tertiary alicyclic amines) is 1. The van der Waals surface area contributed by atoms with Gasteiger partial charge in [0.25, 0.3) is 0 Å². The van der Waals surface area contributed by atoms with Gasteiger partial charge >= 0.3 is 11.9 Å². The van der Waals surface area contributed by atoms with Gasteiger partial charge in [-0.1, -0.05) is 12.1 Å². The molecule has 1 aromatic carbocycles. The van der Waals surface area contributed by atoms with Crippen LogP contribution in [-0.2, 0) is 14.3 Å². The number of carboxylic acids is 1. The van der Waals surface area contributed by atoms with Crippen molar-refractivity contribution in [3.8, 4) is 0 Å². The standard InChI is InChI=1S/C20H26FNO4/c1-2-26-19(25)20(18(23)24)10-7-17(13-20)22-11-8-15(9-12-22)14-3-5-16(21)6-4-14/h3-6,15,17H,2,7-13H2,1H3,(H,23,24). The minimum Gasteiger partial charge on any atom is -0.480 e. The molecule has 2 fully saturated rings. The molecule has 1 saturated heterocycles. The Morgan fingerprint density at radius 1 is 1.23 bits per heavy atom. The molecule has 0 aromatic heterocycles. The van der Waals surface area contributed by atoms with Gasteiger partial charge in [-0.15, -0.1) is 0 Å². The number of piperidine rings is 1. The maximum atomic E-state index is 13.1.